The number of benzene rings is 1. The van der Waals surface area contributed by atoms with E-state index in [1.807, 2.05) is 45.0 Å². The van der Waals surface area contributed by atoms with E-state index in [1.165, 1.54) is 0 Å². The summed E-state index contributed by atoms with van der Waals surface area (Å²) in [5.74, 6) is -0.133. The summed E-state index contributed by atoms with van der Waals surface area (Å²) in [6, 6.07) is 9.42. The minimum Gasteiger partial charge on any atom is -0.332 e. The summed E-state index contributed by atoms with van der Waals surface area (Å²) in [4.78, 5) is 11.7. The van der Waals surface area contributed by atoms with E-state index in [0.29, 0.717) is 6.42 Å². The van der Waals surface area contributed by atoms with E-state index < -0.39 is 5.41 Å². The standard InChI is InChI=1S/C14H17N3OS/c1-14(2,3)12(18)17-13(19)16-11-6-4-10(5-7-11)8-9-15/h4-7H,8H2,1-3H3,(H2,16,17,18,19). The number of nitrogens with zero attached hydrogens (tertiary/aromatic N) is 1. The molecule has 0 aliphatic rings. The maximum atomic E-state index is 11.7. The molecule has 1 rings (SSSR count). The third-order valence-corrected chi connectivity index (χ3v) is 2.61. The number of nitriles is 1. The number of thiocarbonyl (C=S) groups is 1. The Morgan fingerprint density at radius 1 is 1.32 bits per heavy atom. The minimum absolute atomic E-state index is 0.133. The lowest BCUT2D eigenvalue weighted by Crippen LogP contribution is -2.41. The van der Waals surface area contributed by atoms with Crippen LogP contribution in [-0.2, 0) is 11.2 Å². The maximum Gasteiger partial charge on any atom is 0.231 e. The Morgan fingerprint density at radius 3 is 2.37 bits per heavy atom. The van der Waals surface area contributed by atoms with Crippen LogP contribution in [0.2, 0.25) is 0 Å². The first-order chi connectivity index (χ1) is 8.82. The summed E-state index contributed by atoms with van der Waals surface area (Å²) in [7, 11) is 0. The lowest BCUT2D eigenvalue weighted by atomic mass is 9.96. The Balaban J connectivity index is 2.58. The zero-order chi connectivity index (χ0) is 14.5. The van der Waals surface area contributed by atoms with Gasteiger partial charge in [-0.05, 0) is 29.9 Å². The molecule has 4 nitrogen and oxygen atoms in total. The van der Waals surface area contributed by atoms with Crippen molar-refractivity contribution in [2.24, 2.45) is 5.41 Å². The van der Waals surface area contributed by atoms with Crippen molar-refractivity contribution in [1.29, 1.82) is 5.26 Å². The molecular formula is C14H17N3OS. The molecule has 0 saturated carbocycles. The number of amides is 1. The third-order valence-electron chi connectivity index (χ3n) is 2.40. The van der Waals surface area contributed by atoms with Crippen molar-refractivity contribution in [2.45, 2.75) is 27.2 Å². The van der Waals surface area contributed by atoms with Gasteiger partial charge in [-0.3, -0.25) is 4.79 Å². The topological polar surface area (TPSA) is 64.9 Å². The molecule has 0 bridgehead atoms. The molecule has 100 valence electrons. The molecular weight excluding hydrogens is 258 g/mol. The first-order valence-electron chi connectivity index (χ1n) is 5.91. The zero-order valence-electron chi connectivity index (χ0n) is 11.3. The van der Waals surface area contributed by atoms with Gasteiger partial charge < -0.3 is 10.6 Å². The van der Waals surface area contributed by atoms with Crippen LogP contribution in [0.4, 0.5) is 5.69 Å². The lowest BCUT2D eigenvalue weighted by molar-refractivity contribution is -0.126. The van der Waals surface area contributed by atoms with Gasteiger partial charge in [-0.25, -0.2) is 0 Å². The first-order valence-corrected chi connectivity index (χ1v) is 6.32. The summed E-state index contributed by atoms with van der Waals surface area (Å²) >= 11 is 5.07. The SMILES string of the molecule is CC(C)(C)C(=O)NC(=S)Nc1ccc(CC#N)cc1. The highest BCUT2D eigenvalue weighted by Crippen LogP contribution is 2.13. The molecule has 1 aromatic rings. The molecule has 0 aliphatic carbocycles. The Labute approximate surface area is 118 Å². The molecule has 0 fully saturated rings. The summed E-state index contributed by atoms with van der Waals surface area (Å²) in [6.45, 7) is 5.46. The molecule has 5 heteroatoms. The second-order valence-electron chi connectivity index (χ2n) is 5.19. The number of nitrogens with one attached hydrogen (secondary N) is 2. The van der Waals surface area contributed by atoms with Crippen LogP contribution in [0, 0.1) is 16.7 Å². The number of hydrogen-bond donors (Lipinski definition) is 2. The van der Waals surface area contributed by atoms with E-state index in [2.05, 4.69) is 16.7 Å². The van der Waals surface area contributed by atoms with Crippen LogP contribution in [0.1, 0.15) is 26.3 Å². The average Bonchev–Trinajstić information content (AvgIpc) is 2.30. The van der Waals surface area contributed by atoms with E-state index in [9.17, 15) is 4.79 Å². The van der Waals surface area contributed by atoms with Crippen molar-refractivity contribution in [1.82, 2.24) is 5.32 Å². The first kappa shape index (κ1) is 15.1. The molecule has 1 amide bonds. The quantitative estimate of drug-likeness (QED) is 0.814. The van der Waals surface area contributed by atoms with Crippen molar-refractivity contribution in [2.75, 3.05) is 5.32 Å². The molecule has 0 unspecified atom stereocenters. The van der Waals surface area contributed by atoms with Gasteiger partial charge in [0.25, 0.3) is 0 Å². The smallest absolute Gasteiger partial charge is 0.231 e. The van der Waals surface area contributed by atoms with Crippen molar-refractivity contribution < 1.29 is 4.79 Å². The van der Waals surface area contributed by atoms with E-state index in [-0.39, 0.29) is 11.0 Å². The highest BCUT2D eigenvalue weighted by molar-refractivity contribution is 7.80. The fourth-order valence-corrected chi connectivity index (χ4v) is 1.46. The van der Waals surface area contributed by atoms with Gasteiger partial charge in [0.1, 0.15) is 0 Å². The average molecular weight is 275 g/mol. The van der Waals surface area contributed by atoms with Gasteiger partial charge in [0.2, 0.25) is 5.91 Å². The molecule has 0 spiro atoms. The Morgan fingerprint density at radius 2 is 1.89 bits per heavy atom. The Kier molecular flexibility index (Phi) is 5.02. The Bertz CT molecular complexity index is 509. The minimum atomic E-state index is -0.484. The molecule has 0 radical (unpaired) electrons. The normalized spacial score (nSPS) is 10.4. The van der Waals surface area contributed by atoms with Gasteiger partial charge in [0.15, 0.2) is 5.11 Å². The van der Waals surface area contributed by atoms with Crippen LogP contribution in [0.5, 0.6) is 0 Å². The summed E-state index contributed by atoms with van der Waals surface area (Å²) in [5, 5.41) is 14.4. The van der Waals surface area contributed by atoms with Crippen LogP contribution in [0.25, 0.3) is 0 Å². The van der Waals surface area contributed by atoms with Gasteiger partial charge in [-0.1, -0.05) is 32.9 Å². The maximum absolute atomic E-state index is 11.7. The predicted molar refractivity (Wildman–Crippen MR) is 79.6 cm³/mol. The molecule has 19 heavy (non-hydrogen) atoms. The molecule has 0 heterocycles. The largest absolute Gasteiger partial charge is 0.332 e. The van der Waals surface area contributed by atoms with E-state index in [0.717, 1.165) is 11.3 Å². The number of hydrogen-bond acceptors (Lipinski definition) is 3. The fourth-order valence-electron chi connectivity index (χ4n) is 1.25. The van der Waals surface area contributed by atoms with Crippen LogP contribution in [0.3, 0.4) is 0 Å². The Hall–Kier alpha value is -1.93. The van der Waals surface area contributed by atoms with Gasteiger partial charge in [0, 0.05) is 11.1 Å². The molecule has 0 aliphatic heterocycles. The van der Waals surface area contributed by atoms with Crippen molar-refractivity contribution in [3.63, 3.8) is 0 Å². The number of anilines is 1. The lowest BCUT2D eigenvalue weighted by Gasteiger charge is -2.18. The number of rotatable bonds is 2. The molecule has 1 aromatic carbocycles. The molecule has 0 saturated heterocycles. The zero-order valence-corrected chi connectivity index (χ0v) is 12.1. The van der Waals surface area contributed by atoms with Crippen molar-refractivity contribution in [3.05, 3.63) is 29.8 Å². The van der Waals surface area contributed by atoms with E-state index in [4.69, 9.17) is 17.5 Å². The number of carbonyl (C=O) groups excluding carboxylic acids is 1. The molecule has 2 N–H and O–H groups in total. The summed E-state index contributed by atoms with van der Waals surface area (Å²) in [5.41, 5.74) is 1.24. The summed E-state index contributed by atoms with van der Waals surface area (Å²) < 4.78 is 0. The second-order valence-corrected chi connectivity index (χ2v) is 5.60. The van der Waals surface area contributed by atoms with Crippen LogP contribution < -0.4 is 10.6 Å². The van der Waals surface area contributed by atoms with Gasteiger partial charge in [0.05, 0.1) is 12.5 Å². The highest BCUT2D eigenvalue weighted by Gasteiger charge is 2.21. The van der Waals surface area contributed by atoms with Crippen LogP contribution in [0.15, 0.2) is 24.3 Å². The molecule has 0 aromatic heterocycles. The van der Waals surface area contributed by atoms with Crippen LogP contribution in [-0.4, -0.2) is 11.0 Å². The molecule has 0 atom stereocenters. The van der Waals surface area contributed by atoms with Gasteiger partial charge in [-0.15, -0.1) is 0 Å². The summed E-state index contributed by atoms with van der Waals surface area (Å²) in [6.07, 6.45) is 0.380. The number of carbonyl (C=O) groups is 1. The van der Waals surface area contributed by atoms with Crippen molar-refractivity contribution in [3.8, 4) is 6.07 Å². The second kappa shape index (κ2) is 6.30. The monoisotopic (exact) mass is 275 g/mol. The van der Waals surface area contributed by atoms with E-state index in [1.54, 1.807) is 0 Å². The highest BCUT2D eigenvalue weighted by atomic mass is 32.1. The van der Waals surface area contributed by atoms with E-state index >= 15 is 0 Å². The fraction of sp³-hybridized carbons (Fsp3) is 0.357. The van der Waals surface area contributed by atoms with Gasteiger partial charge >= 0.3 is 0 Å². The van der Waals surface area contributed by atoms with Crippen LogP contribution >= 0.6 is 12.2 Å². The third kappa shape index (κ3) is 5.06. The van der Waals surface area contributed by atoms with Crippen molar-refractivity contribution >= 4 is 28.9 Å². The van der Waals surface area contributed by atoms with Gasteiger partial charge in [-0.2, -0.15) is 5.26 Å². The predicted octanol–water partition coefficient (Wildman–Crippen LogP) is 2.61.